The van der Waals surface area contributed by atoms with Gasteiger partial charge in [-0.05, 0) is 55.5 Å². The van der Waals surface area contributed by atoms with E-state index in [9.17, 15) is 14.4 Å². The number of hydrogen-bond donors (Lipinski definition) is 2. The summed E-state index contributed by atoms with van der Waals surface area (Å²) >= 11 is 0. The number of hydrogen-bond acceptors (Lipinski definition) is 4. The first kappa shape index (κ1) is 15.0. The van der Waals surface area contributed by atoms with Crippen LogP contribution in [0.25, 0.3) is 0 Å². The number of likely N-dealkylation sites (tertiary alicyclic amines) is 2. The molecule has 0 saturated carbocycles. The molecule has 114 valence electrons. The van der Waals surface area contributed by atoms with Gasteiger partial charge in [-0.3, -0.25) is 9.80 Å². The van der Waals surface area contributed by atoms with Crippen molar-refractivity contribution in [3.05, 3.63) is 29.6 Å². The second-order valence-corrected chi connectivity index (χ2v) is 6.19. The third-order valence-corrected chi connectivity index (χ3v) is 4.59. The molecule has 0 radical (unpaired) electrons. The predicted octanol–water partition coefficient (Wildman–Crippen LogP) is 0.176. The normalized spacial score (nSPS) is 23.9. The van der Waals surface area contributed by atoms with E-state index in [0.717, 1.165) is 18.7 Å². The maximum absolute atomic E-state index is 13.5. The molecule has 1 aromatic carbocycles. The maximum atomic E-state index is 13.5. The van der Waals surface area contributed by atoms with Gasteiger partial charge in [-0.25, -0.2) is 4.39 Å². The lowest BCUT2D eigenvalue weighted by molar-refractivity contribution is 0.230. The number of nitrogens with zero attached hydrogens (tertiary/aromatic N) is 2. The third kappa shape index (κ3) is 3.63. The average molecular weight is 292 g/mol. The summed E-state index contributed by atoms with van der Waals surface area (Å²) in [7, 11) is -1.62. The SMILES string of the molecule is OB(O)c1cc(F)cc(CN2CCC(N3CCCC3)C2)c1. The Morgan fingerprint density at radius 1 is 1.14 bits per heavy atom. The Morgan fingerprint density at radius 2 is 1.90 bits per heavy atom. The molecule has 3 rings (SSSR count). The van der Waals surface area contributed by atoms with Crippen molar-refractivity contribution in [2.75, 3.05) is 26.2 Å². The molecule has 2 heterocycles. The summed E-state index contributed by atoms with van der Waals surface area (Å²) < 4.78 is 13.5. The Morgan fingerprint density at radius 3 is 2.62 bits per heavy atom. The zero-order chi connectivity index (χ0) is 14.8. The highest BCUT2D eigenvalue weighted by Gasteiger charge is 2.29. The first-order valence-electron chi connectivity index (χ1n) is 7.74. The van der Waals surface area contributed by atoms with Gasteiger partial charge in [0.1, 0.15) is 5.82 Å². The molecule has 0 aromatic heterocycles. The van der Waals surface area contributed by atoms with E-state index in [-0.39, 0.29) is 5.46 Å². The minimum Gasteiger partial charge on any atom is -0.423 e. The fraction of sp³-hybridized carbons (Fsp3) is 0.600. The number of benzene rings is 1. The highest BCUT2D eigenvalue weighted by Crippen LogP contribution is 2.21. The molecule has 21 heavy (non-hydrogen) atoms. The highest BCUT2D eigenvalue weighted by atomic mass is 19.1. The lowest BCUT2D eigenvalue weighted by Gasteiger charge is -2.23. The van der Waals surface area contributed by atoms with Gasteiger partial charge < -0.3 is 10.0 Å². The smallest absolute Gasteiger partial charge is 0.423 e. The molecule has 2 aliphatic rings. The Kier molecular flexibility index (Phi) is 4.59. The first-order chi connectivity index (χ1) is 10.1. The molecule has 4 nitrogen and oxygen atoms in total. The molecule has 2 N–H and O–H groups in total. The average Bonchev–Trinajstić information content (AvgIpc) is 3.08. The van der Waals surface area contributed by atoms with Crippen LogP contribution < -0.4 is 5.46 Å². The maximum Gasteiger partial charge on any atom is 0.488 e. The number of rotatable bonds is 4. The minimum absolute atomic E-state index is 0.222. The van der Waals surface area contributed by atoms with Crippen LogP contribution in [0.2, 0.25) is 0 Å². The van der Waals surface area contributed by atoms with Gasteiger partial charge in [0, 0.05) is 25.7 Å². The van der Waals surface area contributed by atoms with E-state index >= 15 is 0 Å². The molecule has 2 fully saturated rings. The van der Waals surface area contributed by atoms with Gasteiger partial charge in [0.2, 0.25) is 0 Å². The summed E-state index contributed by atoms with van der Waals surface area (Å²) in [5.41, 5.74) is 1.03. The van der Waals surface area contributed by atoms with E-state index < -0.39 is 12.9 Å². The van der Waals surface area contributed by atoms with Crippen LogP contribution in [-0.2, 0) is 6.54 Å². The van der Waals surface area contributed by atoms with Crippen LogP contribution in [0.3, 0.4) is 0 Å². The predicted molar refractivity (Wildman–Crippen MR) is 80.7 cm³/mol. The van der Waals surface area contributed by atoms with Gasteiger partial charge in [0.25, 0.3) is 0 Å². The lowest BCUT2D eigenvalue weighted by atomic mass is 9.79. The van der Waals surface area contributed by atoms with Gasteiger partial charge in [0.05, 0.1) is 0 Å². The molecule has 0 amide bonds. The fourth-order valence-corrected chi connectivity index (χ4v) is 3.53. The Labute approximate surface area is 125 Å². The van der Waals surface area contributed by atoms with Crippen molar-refractivity contribution in [2.24, 2.45) is 0 Å². The summed E-state index contributed by atoms with van der Waals surface area (Å²) in [6, 6.07) is 4.96. The van der Waals surface area contributed by atoms with E-state index in [4.69, 9.17) is 0 Å². The summed E-state index contributed by atoms with van der Waals surface area (Å²) in [6.45, 7) is 5.13. The van der Waals surface area contributed by atoms with Gasteiger partial charge in [-0.15, -0.1) is 0 Å². The molecular formula is C15H22BFN2O2. The Hall–Kier alpha value is -0.945. The van der Waals surface area contributed by atoms with Crippen molar-refractivity contribution >= 4 is 12.6 Å². The van der Waals surface area contributed by atoms with Crippen LogP contribution in [0.4, 0.5) is 4.39 Å². The highest BCUT2D eigenvalue weighted by molar-refractivity contribution is 6.58. The molecule has 1 unspecified atom stereocenters. The molecule has 6 heteroatoms. The van der Waals surface area contributed by atoms with Crippen molar-refractivity contribution in [1.82, 2.24) is 9.80 Å². The van der Waals surface area contributed by atoms with Gasteiger partial charge in [-0.2, -0.15) is 0 Å². The quantitative estimate of drug-likeness (QED) is 0.777. The Bertz CT molecular complexity index is 495. The van der Waals surface area contributed by atoms with Crippen molar-refractivity contribution < 1.29 is 14.4 Å². The minimum atomic E-state index is -1.62. The molecule has 0 spiro atoms. The molecule has 1 atom stereocenters. The first-order valence-corrected chi connectivity index (χ1v) is 7.74. The summed E-state index contributed by atoms with van der Waals surface area (Å²) in [4.78, 5) is 4.89. The number of halogens is 1. The van der Waals surface area contributed by atoms with E-state index in [0.29, 0.717) is 12.6 Å². The zero-order valence-electron chi connectivity index (χ0n) is 12.2. The Balaban J connectivity index is 1.62. The summed E-state index contributed by atoms with van der Waals surface area (Å²) in [5.74, 6) is -0.411. The molecule has 0 bridgehead atoms. The van der Waals surface area contributed by atoms with E-state index in [1.807, 2.05) is 0 Å². The van der Waals surface area contributed by atoms with Gasteiger partial charge in [-0.1, -0.05) is 6.07 Å². The van der Waals surface area contributed by atoms with E-state index in [1.54, 1.807) is 6.07 Å². The third-order valence-electron chi connectivity index (χ3n) is 4.59. The van der Waals surface area contributed by atoms with E-state index in [1.165, 1.54) is 44.5 Å². The van der Waals surface area contributed by atoms with Crippen molar-refractivity contribution in [3.8, 4) is 0 Å². The standard InChI is InChI=1S/C15H22BFN2O2/c17-14-8-12(7-13(9-14)16(20)21)10-18-6-3-15(11-18)19-4-1-2-5-19/h7-9,15,20-21H,1-6,10-11H2. The molecule has 1 aromatic rings. The van der Waals surface area contributed by atoms with Gasteiger partial charge in [0.15, 0.2) is 0 Å². The zero-order valence-corrected chi connectivity index (χ0v) is 12.2. The second kappa shape index (κ2) is 6.44. The van der Waals surface area contributed by atoms with Crippen LogP contribution in [-0.4, -0.2) is 59.2 Å². The molecule has 2 aliphatic heterocycles. The van der Waals surface area contributed by atoms with Crippen molar-refractivity contribution in [2.45, 2.75) is 31.8 Å². The molecule has 2 saturated heterocycles. The fourth-order valence-electron chi connectivity index (χ4n) is 3.53. The topological polar surface area (TPSA) is 46.9 Å². The van der Waals surface area contributed by atoms with Crippen LogP contribution in [0, 0.1) is 5.82 Å². The summed E-state index contributed by atoms with van der Waals surface area (Å²) in [6.07, 6.45) is 3.78. The second-order valence-electron chi connectivity index (χ2n) is 6.19. The monoisotopic (exact) mass is 292 g/mol. The summed E-state index contributed by atoms with van der Waals surface area (Å²) in [5, 5.41) is 18.4. The van der Waals surface area contributed by atoms with Crippen molar-refractivity contribution in [3.63, 3.8) is 0 Å². The molecular weight excluding hydrogens is 270 g/mol. The van der Waals surface area contributed by atoms with Gasteiger partial charge >= 0.3 is 7.12 Å². The van der Waals surface area contributed by atoms with Crippen molar-refractivity contribution in [1.29, 1.82) is 0 Å². The van der Waals surface area contributed by atoms with Crippen LogP contribution in [0.15, 0.2) is 18.2 Å². The van der Waals surface area contributed by atoms with E-state index in [2.05, 4.69) is 9.80 Å². The largest absolute Gasteiger partial charge is 0.488 e. The molecule has 0 aliphatic carbocycles. The van der Waals surface area contributed by atoms with Crippen LogP contribution >= 0.6 is 0 Å². The lowest BCUT2D eigenvalue weighted by Crippen LogP contribution is -2.35. The van der Waals surface area contributed by atoms with Crippen LogP contribution in [0.5, 0.6) is 0 Å². The van der Waals surface area contributed by atoms with Crippen LogP contribution in [0.1, 0.15) is 24.8 Å².